The van der Waals surface area contributed by atoms with E-state index < -0.39 is 0 Å². The van der Waals surface area contributed by atoms with Crippen molar-refractivity contribution in [2.45, 2.75) is 85.0 Å². The Morgan fingerprint density at radius 3 is 2.65 bits per heavy atom. The molecular formula is C24H34O2. The Hall–Kier alpha value is -1.31. The molecule has 3 aliphatic rings. The summed E-state index contributed by atoms with van der Waals surface area (Å²) in [6.45, 7) is 11.3. The summed E-state index contributed by atoms with van der Waals surface area (Å²) in [6.07, 6.45) is 9.41. The van der Waals surface area contributed by atoms with Crippen molar-refractivity contribution in [1.29, 1.82) is 0 Å². The van der Waals surface area contributed by atoms with Crippen molar-refractivity contribution in [2.75, 3.05) is 0 Å². The van der Waals surface area contributed by atoms with Crippen LogP contribution in [0.25, 0.3) is 0 Å². The van der Waals surface area contributed by atoms with Gasteiger partial charge in [0.25, 0.3) is 0 Å². The summed E-state index contributed by atoms with van der Waals surface area (Å²) >= 11 is 0. The van der Waals surface area contributed by atoms with Crippen LogP contribution < -0.4 is 4.74 Å². The van der Waals surface area contributed by atoms with Gasteiger partial charge in [-0.05, 0) is 90.0 Å². The third-order valence-electron chi connectivity index (χ3n) is 8.35. The van der Waals surface area contributed by atoms with Crippen LogP contribution in [-0.4, -0.2) is 5.97 Å². The number of ether oxygens (including phenoxy) is 1. The number of aryl methyl sites for hydroxylation is 1. The Morgan fingerprint density at radius 2 is 1.92 bits per heavy atom. The van der Waals surface area contributed by atoms with Gasteiger partial charge in [0.05, 0.1) is 0 Å². The van der Waals surface area contributed by atoms with E-state index in [-0.39, 0.29) is 11.4 Å². The number of hydrogen-bond acceptors (Lipinski definition) is 2. The standard InChI is InChI=1S/C24H34O2/c1-15-8-6-7-10-23(4)20(15)9-11-24(5)21(23)14-18-13-19(26-17(3)25)12-16(2)22(18)24/h12-13,15,20-21H,6-11,14H2,1-5H3. The van der Waals surface area contributed by atoms with Crippen molar-refractivity contribution in [3.8, 4) is 5.75 Å². The first-order chi connectivity index (χ1) is 12.3. The van der Waals surface area contributed by atoms with Crippen LogP contribution in [0.2, 0.25) is 0 Å². The van der Waals surface area contributed by atoms with Crippen LogP contribution >= 0.6 is 0 Å². The van der Waals surface area contributed by atoms with Gasteiger partial charge in [0.15, 0.2) is 0 Å². The van der Waals surface area contributed by atoms with Crippen LogP contribution in [0.4, 0.5) is 0 Å². The fourth-order valence-corrected chi connectivity index (χ4v) is 7.42. The fraction of sp³-hybridized carbons (Fsp3) is 0.708. The lowest BCUT2D eigenvalue weighted by molar-refractivity contribution is -0.131. The minimum absolute atomic E-state index is 0.226. The number of rotatable bonds is 1. The molecule has 5 unspecified atom stereocenters. The SMILES string of the molecule is CC(=O)Oc1cc(C)c2c(c1)CC1C2(C)CCC2C(C)CCCCC21C. The highest BCUT2D eigenvalue weighted by atomic mass is 16.5. The molecule has 0 spiro atoms. The van der Waals surface area contributed by atoms with Gasteiger partial charge in [-0.25, -0.2) is 0 Å². The maximum Gasteiger partial charge on any atom is 0.308 e. The van der Waals surface area contributed by atoms with Crippen molar-refractivity contribution >= 4 is 5.97 Å². The lowest BCUT2D eigenvalue weighted by Gasteiger charge is -2.55. The second-order valence-electron chi connectivity index (χ2n) is 9.92. The Bertz CT molecular complexity index is 736. The van der Waals surface area contributed by atoms with Crippen LogP contribution in [0.15, 0.2) is 12.1 Å². The number of hydrogen-bond donors (Lipinski definition) is 0. The van der Waals surface area contributed by atoms with Crippen LogP contribution in [0, 0.1) is 30.1 Å². The smallest absolute Gasteiger partial charge is 0.308 e. The molecule has 2 nitrogen and oxygen atoms in total. The fourth-order valence-electron chi connectivity index (χ4n) is 7.42. The zero-order valence-electron chi connectivity index (χ0n) is 17.2. The quantitative estimate of drug-likeness (QED) is 0.458. The van der Waals surface area contributed by atoms with Gasteiger partial charge in [0.2, 0.25) is 0 Å². The molecule has 0 aliphatic heterocycles. The molecule has 0 N–H and O–H groups in total. The van der Waals surface area contributed by atoms with E-state index in [0.29, 0.717) is 5.41 Å². The summed E-state index contributed by atoms with van der Waals surface area (Å²) in [4.78, 5) is 11.4. The molecule has 4 rings (SSSR count). The molecule has 26 heavy (non-hydrogen) atoms. The van der Waals surface area contributed by atoms with E-state index in [9.17, 15) is 4.79 Å². The molecule has 0 aromatic heterocycles. The van der Waals surface area contributed by atoms with Crippen molar-refractivity contribution in [1.82, 2.24) is 0 Å². The van der Waals surface area contributed by atoms with E-state index in [4.69, 9.17) is 4.74 Å². The van der Waals surface area contributed by atoms with Gasteiger partial charge < -0.3 is 4.74 Å². The number of benzene rings is 1. The Kier molecular flexibility index (Phi) is 4.24. The van der Waals surface area contributed by atoms with Gasteiger partial charge in [-0.15, -0.1) is 0 Å². The molecule has 1 aromatic carbocycles. The summed E-state index contributed by atoms with van der Waals surface area (Å²) in [6, 6.07) is 4.24. The Morgan fingerprint density at radius 1 is 1.15 bits per heavy atom. The molecule has 5 atom stereocenters. The molecule has 0 radical (unpaired) electrons. The lowest BCUT2D eigenvalue weighted by atomic mass is 9.49. The molecule has 0 bridgehead atoms. The molecular weight excluding hydrogens is 320 g/mol. The maximum absolute atomic E-state index is 11.4. The minimum Gasteiger partial charge on any atom is -0.427 e. The van der Waals surface area contributed by atoms with Crippen LogP contribution in [0.1, 0.15) is 82.9 Å². The predicted octanol–water partition coefficient (Wildman–Crippen LogP) is 5.98. The molecule has 0 heterocycles. The molecule has 1 aromatic rings. The molecule has 142 valence electrons. The second-order valence-corrected chi connectivity index (χ2v) is 9.92. The van der Waals surface area contributed by atoms with Crippen molar-refractivity contribution < 1.29 is 9.53 Å². The highest BCUT2D eigenvalue weighted by Gasteiger charge is 2.58. The molecule has 2 saturated carbocycles. The van der Waals surface area contributed by atoms with E-state index in [1.807, 2.05) is 0 Å². The van der Waals surface area contributed by atoms with Crippen LogP contribution in [-0.2, 0) is 16.6 Å². The summed E-state index contributed by atoms with van der Waals surface area (Å²) in [5.74, 6) is 2.94. The number of fused-ring (bicyclic) bond motifs is 5. The van der Waals surface area contributed by atoms with E-state index in [1.54, 1.807) is 5.56 Å². The van der Waals surface area contributed by atoms with Gasteiger partial charge in [-0.2, -0.15) is 0 Å². The maximum atomic E-state index is 11.4. The first-order valence-corrected chi connectivity index (χ1v) is 10.6. The predicted molar refractivity (Wildman–Crippen MR) is 105 cm³/mol. The zero-order chi connectivity index (χ0) is 18.7. The van der Waals surface area contributed by atoms with Crippen molar-refractivity contribution in [3.05, 3.63) is 28.8 Å². The van der Waals surface area contributed by atoms with Crippen molar-refractivity contribution in [3.63, 3.8) is 0 Å². The lowest BCUT2D eigenvalue weighted by Crippen LogP contribution is -2.50. The molecule has 0 amide bonds. The first-order valence-electron chi connectivity index (χ1n) is 10.6. The van der Waals surface area contributed by atoms with Crippen LogP contribution in [0.3, 0.4) is 0 Å². The first kappa shape index (κ1) is 18.1. The van der Waals surface area contributed by atoms with E-state index >= 15 is 0 Å². The zero-order valence-corrected chi connectivity index (χ0v) is 17.2. The summed E-state index contributed by atoms with van der Waals surface area (Å²) in [5.41, 5.74) is 5.04. The molecule has 2 fully saturated rings. The molecule has 3 aliphatic carbocycles. The topological polar surface area (TPSA) is 26.3 Å². The third kappa shape index (κ3) is 2.55. The van der Waals surface area contributed by atoms with Gasteiger partial charge in [-0.1, -0.05) is 40.0 Å². The molecule has 2 heteroatoms. The van der Waals surface area contributed by atoms with Gasteiger partial charge in [-0.3, -0.25) is 4.79 Å². The van der Waals surface area contributed by atoms with E-state index in [1.165, 1.54) is 56.6 Å². The minimum atomic E-state index is -0.226. The number of carbonyl (C=O) groups is 1. The van der Waals surface area contributed by atoms with Crippen molar-refractivity contribution in [2.24, 2.45) is 23.2 Å². The monoisotopic (exact) mass is 354 g/mol. The Labute approximate surface area is 158 Å². The van der Waals surface area contributed by atoms with E-state index in [0.717, 1.165) is 29.9 Å². The highest BCUT2D eigenvalue weighted by Crippen LogP contribution is 2.65. The Balaban J connectivity index is 1.77. The van der Waals surface area contributed by atoms with Gasteiger partial charge in [0, 0.05) is 6.92 Å². The largest absolute Gasteiger partial charge is 0.427 e. The summed E-state index contributed by atoms with van der Waals surface area (Å²) < 4.78 is 5.44. The second kappa shape index (κ2) is 6.11. The van der Waals surface area contributed by atoms with Gasteiger partial charge >= 0.3 is 5.97 Å². The third-order valence-corrected chi connectivity index (χ3v) is 8.35. The highest BCUT2D eigenvalue weighted by molar-refractivity contribution is 5.69. The van der Waals surface area contributed by atoms with Crippen LogP contribution in [0.5, 0.6) is 5.75 Å². The average Bonchev–Trinajstić information content (AvgIpc) is 2.76. The summed E-state index contributed by atoms with van der Waals surface area (Å²) in [5, 5.41) is 0. The number of carbonyl (C=O) groups excluding carboxylic acids is 1. The van der Waals surface area contributed by atoms with Gasteiger partial charge in [0.1, 0.15) is 5.75 Å². The normalized spacial score (nSPS) is 38.7. The molecule has 0 saturated heterocycles. The average molecular weight is 355 g/mol. The van der Waals surface area contributed by atoms with E-state index in [2.05, 4.69) is 39.8 Å². The number of esters is 1. The summed E-state index contributed by atoms with van der Waals surface area (Å²) in [7, 11) is 0.